The van der Waals surface area contributed by atoms with E-state index in [0.29, 0.717) is 21.4 Å². The number of hydrogen-bond donors (Lipinski definition) is 2. The quantitative estimate of drug-likeness (QED) is 0.326. The minimum Gasteiger partial charge on any atom is -0.352 e. The van der Waals surface area contributed by atoms with Gasteiger partial charge in [-0.3, -0.25) is 9.59 Å². The molecule has 0 unspecified atom stereocenters. The summed E-state index contributed by atoms with van der Waals surface area (Å²) < 4.78 is 40.4. The van der Waals surface area contributed by atoms with Crippen molar-refractivity contribution in [3.05, 3.63) is 74.9 Å². The molecule has 200 valence electrons. The Hall–Kier alpha value is -4.65. The molecule has 0 spiro atoms. The number of pyridine rings is 1. The van der Waals surface area contributed by atoms with E-state index in [1.165, 1.54) is 29.1 Å². The van der Waals surface area contributed by atoms with E-state index in [1.54, 1.807) is 26.0 Å². The summed E-state index contributed by atoms with van der Waals surface area (Å²) in [5.41, 5.74) is 1.02. The summed E-state index contributed by atoms with van der Waals surface area (Å²) in [6.45, 7) is 3.34. The number of rotatable bonds is 7. The molecule has 2 N–H and O–H groups in total. The normalized spacial score (nSPS) is 11.2. The Morgan fingerprint density at radius 3 is 2.59 bits per heavy atom. The lowest BCUT2D eigenvalue weighted by atomic mass is 10.0. The van der Waals surface area contributed by atoms with E-state index in [2.05, 4.69) is 52.1 Å². The van der Waals surface area contributed by atoms with Gasteiger partial charge >= 0.3 is 6.18 Å². The van der Waals surface area contributed by atoms with Crippen LogP contribution in [0, 0.1) is 18.3 Å². The molecule has 39 heavy (non-hydrogen) atoms. The van der Waals surface area contributed by atoms with Crippen molar-refractivity contribution in [2.24, 2.45) is 0 Å². The van der Waals surface area contributed by atoms with Gasteiger partial charge in [0.2, 0.25) is 0 Å². The first-order valence-corrected chi connectivity index (χ1v) is 12.0. The summed E-state index contributed by atoms with van der Waals surface area (Å²) in [6, 6.07) is 9.51. The van der Waals surface area contributed by atoms with Crippen molar-refractivity contribution in [2.45, 2.75) is 26.6 Å². The molecule has 0 aliphatic rings. The summed E-state index contributed by atoms with van der Waals surface area (Å²) in [7, 11) is 0. The van der Waals surface area contributed by atoms with E-state index in [-0.39, 0.29) is 40.6 Å². The number of alkyl halides is 3. The number of carbonyl (C=O) groups is 2. The van der Waals surface area contributed by atoms with Crippen molar-refractivity contribution in [1.82, 2.24) is 40.3 Å². The summed E-state index contributed by atoms with van der Waals surface area (Å²) in [6.07, 6.45) is -3.31. The number of nitrogens with one attached hydrogen (secondary N) is 2. The van der Waals surface area contributed by atoms with Crippen LogP contribution >= 0.6 is 15.9 Å². The molecule has 0 saturated carbocycles. The zero-order valence-corrected chi connectivity index (χ0v) is 21.9. The monoisotopic (exact) mass is 602 g/mol. The van der Waals surface area contributed by atoms with Gasteiger partial charge in [0, 0.05) is 12.7 Å². The molecule has 16 heteroatoms. The van der Waals surface area contributed by atoms with Crippen LogP contribution in [0.5, 0.6) is 0 Å². The molecule has 0 radical (unpaired) electrons. The van der Waals surface area contributed by atoms with Gasteiger partial charge in [-0.1, -0.05) is 0 Å². The lowest BCUT2D eigenvalue weighted by Crippen LogP contribution is -2.26. The second-order valence-electron chi connectivity index (χ2n) is 8.02. The minimum absolute atomic E-state index is 0.0498. The van der Waals surface area contributed by atoms with Gasteiger partial charge in [-0.15, -0.1) is 10.2 Å². The van der Waals surface area contributed by atoms with Crippen LogP contribution < -0.4 is 10.6 Å². The molecule has 4 aromatic rings. The molecule has 0 atom stereocenters. The molecule has 4 rings (SSSR count). The van der Waals surface area contributed by atoms with E-state index in [0.717, 1.165) is 0 Å². The number of anilines is 1. The van der Waals surface area contributed by atoms with Crippen molar-refractivity contribution < 1.29 is 22.8 Å². The van der Waals surface area contributed by atoms with Crippen LogP contribution in [0.15, 0.2) is 41.0 Å². The highest BCUT2D eigenvalue weighted by atomic mass is 79.9. The van der Waals surface area contributed by atoms with Crippen LogP contribution in [0.4, 0.5) is 18.9 Å². The van der Waals surface area contributed by atoms with Crippen molar-refractivity contribution >= 4 is 33.4 Å². The average Bonchev–Trinajstić information content (AvgIpc) is 3.53. The highest BCUT2D eigenvalue weighted by Crippen LogP contribution is 2.27. The number of hydrogen-bond acceptors (Lipinski definition) is 8. The molecule has 0 aliphatic heterocycles. The molecular weight excluding hydrogens is 585 g/mol. The third-order valence-electron chi connectivity index (χ3n) is 5.23. The lowest BCUT2D eigenvalue weighted by Gasteiger charge is -2.15. The third-order valence-corrected chi connectivity index (χ3v) is 5.85. The van der Waals surface area contributed by atoms with Crippen LogP contribution in [0.1, 0.15) is 50.4 Å². The average molecular weight is 603 g/mol. The number of tetrazole rings is 1. The van der Waals surface area contributed by atoms with Gasteiger partial charge in [0.25, 0.3) is 17.6 Å². The zero-order chi connectivity index (χ0) is 28.3. The van der Waals surface area contributed by atoms with Crippen LogP contribution in [-0.4, -0.2) is 53.3 Å². The number of halogens is 4. The molecule has 0 fully saturated rings. The Bertz CT molecular complexity index is 1610. The van der Waals surface area contributed by atoms with E-state index >= 15 is 0 Å². The van der Waals surface area contributed by atoms with Crippen LogP contribution in [0.25, 0.3) is 5.82 Å². The molecule has 12 nitrogen and oxygen atoms in total. The maximum Gasteiger partial charge on any atom is 0.455 e. The number of carbonyl (C=O) groups excluding carboxylic acids is 2. The van der Waals surface area contributed by atoms with Gasteiger partial charge in [0.15, 0.2) is 5.82 Å². The number of aromatic nitrogens is 7. The summed E-state index contributed by atoms with van der Waals surface area (Å²) in [4.78, 5) is 31.2. The van der Waals surface area contributed by atoms with E-state index in [9.17, 15) is 28.0 Å². The molecule has 2 amide bonds. The maximum atomic E-state index is 13.5. The number of aryl methyl sites for hydroxylation is 1. The Kier molecular flexibility index (Phi) is 7.72. The Labute approximate surface area is 227 Å². The number of nitriles is 1. The third kappa shape index (κ3) is 5.93. The van der Waals surface area contributed by atoms with Gasteiger partial charge in [0.1, 0.15) is 12.2 Å². The number of amides is 2. The fourth-order valence-electron chi connectivity index (χ4n) is 3.56. The molecule has 0 bridgehead atoms. The molecule has 3 heterocycles. The van der Waals surface area contributed by atoms with E-state index in [1.807, 2.05) is 6.07 Å². The zero-order valence-electron chi connectivity index (χ0n) is 20.3. The SMILES string of the molecule is CCNC(=O)c1cc(C#N)cc(C)c1NC(=O)c1cc(Cn2nnc(C(F)(F)F)n2)nn1-c1ncccc1Br. The standard InChI is InChI=1S/C23H18BrF3N10O2/c1-3-29-20(38)15-8-13(10-28)7-12(2)18(15)31-21(39)17-9-14(11-36-34-22(32-35-36)23(25,26)27)33-37(17)19-16(24)5-4-6-30-19/h4-9H,3,11H2,1-2H3,(H,29,38)(H,31,39). The smallest absolute Gasteiger partial charge is 0.352 e. The Balaban J connectivity index is 1.76. The molecular formula is C23H18BrF3N10O2. The fraction of sp³-hybridized carbons (Fsp3) is 0.217. The van der Waals surface area contributed by atoms with Crippen LogP contribution in [0.2, 0.25) is 0 Å². The second-order valence-corrected chi connectivity index (χ2v) is 8.88. The predicted molar refractivity (Wildman–Crippen MR) is 133 cm³/mol. The van der Waals surface area contributed by atoms with E-state index in [4.69, 9.17) is 0 Å². The van der Waals surface area contributed by atoms with Crippen LogP contribution in [-0.2, 0) is 12.7 Å². The van der Waals surface area contributed by atoms with Crippen LogP contribution in [0.3, 0.4) is 0 Å². The van der Waals surface area contributed by atoms with Gasteiger partial charge in [-0.2, -0.15) is 28.3 Å². The molecule has 1 aromatic carbocycles. The summed E-state index contributed by atoms with van der Waals surface area (Å²) >= 11 is 3.36. The second kappa shape index (κ2) is 11.0. The first-order valence-electron chi connectivity index (χ1n) is 11.2. The highest BCUT2D eigenvalue weighted by Gasteiger charge is 2.37. The summed E-state index contributed by atoms with van der Waals surface area (Å²) in [5, 5.41) is 28.8. The maximum absolute atomic E-state index is 13.5. The molecule has 3 aromatic heterocycles. The topological polar surface area (TPSA) is 156 Å². The Morgan fingerprint density at radius 2 is 1.95 bits per heavy atom. The predicted octanol–water partition coefficient (Wildman–Crippen LogP) is 3.27. The number of nitrogens with zero attached hydrogens (tertiary/aromatic N) is 8. The van der Waals surface area contributed by atoms with E-state index < -0.39 is 23.8 Å². The van der Waals surface area contributed by atoms with Crippen molar-refractivity contribution in [3.63, 3.8) is 0 Å². The van der Waals surface area contributed by atoms with Gasteiger partial charge in [-0.05, 0) is 70.9 Å². The Morgan fingerprint density at radius 1 is 1.18 bits per heavy atom. The largest absolute Gasteiger partial charge is 0.455 e. The first kappa shape index (κ1) is 27.4. The minimum atomic E-state index is -4.78. The van der Waals surface area contributed by atoms with Gasteiger partial charge in [0.05, 0.1) is 33.1 Å². The fourth-order valence-corrected chi connectivity index (χ4v) is 3.99. The summed E-state index contributed by atoms with van der Waals surface area (Å²) in [5.74, 6) is -2.39. The molecule has 0 aliphatic carbocycles. The van der Waals surface area contributed by atoms with Gasteiger partial charge in [-0.25, -0.2) is 9.67 Å². The number of benzene rings is 1. The van der Waals surface area contributed by atoms with Crippen molar-refractivity contribution in [3.8, 4) is 11.9 Å². The molecule has 0 saturated heterocycles. The van der Waals surface area contributed by atoms with Crippen molar-refractivity contribution in [1.29, 1.82) is 5.26 Å². The highest BCUT2D eigenvalue weighted by molar-refractivity contribution is 9.10. The van der Waals surface area contributed by atoms with Gasteiger partial charge < -0.3 is 10.6 Å². The lowest BCUT2D eigenvalue weighted by molar-refractivity contribution is -0.145. The van der Waals surface area contributed by atoms with Crippen molar-refractivity contribution in [2.75, 3.05) is 11.9 Å². The first-order chi connectivity index (χ1) is 18.5.